The highest BCUT2D eigenvalue weighted by molar-refractivity contribution is 5.18. The Morgan fingerprint density at radius 1 is 0.794 bits per heavy atom. The second kappa shape index (κ2) is 8.17. The van der Waals surface area contributed by atoms with Crippen LogP contribution in [-0.2, 0) is 0 Å². The summed E-state index contributed by atoms with van der Waals surface area (Å²) in [5.41, 5.74) is -1.22. The number of rotatable bonds is 5. The second-order valence-electron chi connectivity index (χ2n) is 15.3. The molecule has 0 bridgehead atoms. The van der Waals surface area contributed by atoms with E-state index in [1.807, 2.05) is 6.92 Å². The summed E-state index contributed by atoms with van der Waals surface area (Å²) in [5.74, 6) is 2.00. The van der Waals surface area contributed by atoms with Crippen molar-refractivity contribution in [3.05, 3.63) is 0 Å². The minimum absolute atomic E-state index is 0.0186. The Hall–Kier alpha value is -0.160. The number of fused-ring (bicyclic) bond motifs is 5. The predicted octanol–water partition coefficient (Wildman–Crippen LogP) is 5.70. The van der Waals surface area contributed by atoms with Crippen LogP contribution in [0, 0.1) is 45.3 Å². The minimum Gasteiger partial charge on any atom is -0.393 e. The Labute approximate surface area is 208 Å². The lowest BCUT2D eigenvalue weighted by Gasteiger charge is -2.70. The Morgan fingerprint density at radius 2 is 1.41 bits per heavy atom. The fourth-order valence-corrected chi connectivity index (χ4v) is 10.4. The molecule has 0 aromatic carbocycles. The molecule has 0 amide bonds. The molecule has 4 saturated carbocycles. The van der Waals surface area contributed by atoms with E-state index in [-0.39, 0.29) is 33.7 Å². The van der Waals surface area contributed by atoms with E-state index in [2.05, 4.69) is 34.6 Å². The molecule has 4 fully saturated rings. The molecule has 4 aliphatic carbocycles. The van der Waals surface area contributed by atoms with Gasteiger partial charge in [0.05, 0.1) is 23.4 Å². The van der Waals surface area contributed by atoms with Crippen molar-refractivity contribution in [2.75, 3.05) is 0 Å². The molecule has 4 heteroatoms. The van der Waals surface area contributed by atoms with E-state index in [4.69, 9.17) is 0 Å². The first-order chi connectivity index (χ1) is 15.4. The molecule has 0 spiro atoms. The zero-order chi connectivity index (χ0) is 25.5. The van der Waals surface area contributed by atoms with Crippen molar-refractivity contribution in [3.8, 4) is 0 Å². The van der Waals surface area contributed by atoms with Crippen LogP contribution in [0.1, 0.15) is 120 Å². The standard InChI is InChI=1S/C30H54O4/c1-25(2)21-12-17-29(7)22(27(21,5)15-13-23(25)31)10-9-19-20(11-16-28(19,29)6)30(8,34)18-14-24(32)26(3,4)33/h19-24,31-34H,9-18H2,1-8H3/t19-,20+,21+,22-,23-,24?,27+,28-,29-,30?/m1/s1. The van der Waals surface area contributed by atoms with Gasteiger partial charge in [-0.05, 0) is 130 Å². The Balaban J connectivity index is 1.58. The summed E-state index contributed by atoms with van der Waals surface area (Å²) in [7, 11) is 0. The molecule has 10 atom stereocenters. The van der Waals surface area contributed by atoms with Gasteiger partial charge in [-0.3, -0.25) is 0 Å². The normalized spacial score (nSPS) is 48.9. The lowest BCUT2D eigenvalue weighted by Crippen LogP contribution is -2.64. The summed E-state index contributed by atoms with van der Waals surface area (Å²) in [6, 6.07) is 0. The van der Waals surface area contributed by atoms with Crippen molar-refractivity contribution < 1.29 is 20.4 Å². The Morgan fingerprint density at radius 3 is 2.03 bits per heavy atom. The summed E-state index contributed by atoms with van der Waals surface area (Å²) in [6.07, 6.45) is 9.08. The lowest BCUT2D eigenvalue weighted by molar-refractivity contribution is -0.225. The number of hydrogen-bond donors (Lipinski definition) is 4. The Bertz CT molecular complexity index is 768. The van der Waals surface area contributed by atoms with Crippen LogP contribution in [-0.4, -0.2) is 43.8 Å². The second-order valence-corrected chi connectivity index (χ2v) is 15.3. The Kier molecular flexibility index (Phi) is 6.46. The maximum atomic E-state index is 11.7. The largest absolute Gasteiger partial charge is 0.393 e. The third-order valence-electron chi connectivity index (χ3n) is 12.9. The van der Waals surface area contributed by atoms with Gasteiger partial charge < -0.3 is 20.4 Å². The molecular formula is C30H54O4. The summed E-state index contributed by atoms with van der Waals surface area (Å²) >= 11 is 0. The SMILES string of the molecule is CC(C)(O)C(O)CCC(C)(O)[C@H]1CC[C@]2(C)[C@@H]1CC[C@@H]1[C@@]3(C)CC[C@@H](O)C(C)(C)[C@@H]3CC[C@]12C. The van der Waals surface area contributed by atoms with Gasteiger partial charge in [0.2, 0.25) is 0 Å². The van der Waals surface area contributed by atoms with Crippen LogP contribution in [0.3, 0.4) is 0 Å². The molecule has 198 valence electrons. The number of aliphatic hydroxyl groups excluding tert-OH is 2. The van der Waals surface area contributed by atoms with Crippen LogP contribution in [0.2, 0.25) is 0 Å². The van der Waals surface area contributed by atoms with E-state index < -0.39 is 17.3 Å². The monoisotopic (exact) mass is 478 g/mol. The lowest BCUT2D eigenvalue weighted by atomic mass is 9.35. The van der Waals surface area contributed by atoms with Gasteiger partial charge in [-0.2, -0.15) is 0 Å². The highest BCUT2D eigenvalue weighted by Crippen LogP contribution is 2.75. The molecule has 4 nitrogen and oxygen atoms in total. The molecule has 0 aromatic rings. The average Bonchev–Trinajstić information content (AvgIpc) is 3.08. The molecule has 4 N–H and O–H groups in total. The quantitative estimate of drug-likeness (QED) is 0.409. The maximum absolute atomic E-state index is 11.7. The van der Waals surface area contributed by atoms with Gasteiger partial charge in [0.25, 0.3) is 0 Å². The van der Waals surface area contributed by atoms with Gasteiger partial charge in [-0.1, -0.05) is 34.6 Å². The van der Waals surface area contributed by atoms with Gasteiger partial charge in [0.15, 0.2) is 0 Å². The van der Waals surface area contributed by atoms with Crippen LogP contribution < -0.4 is 0 Å². The van der Waals surface area contributed by atoms with Crippen LogP contribution >= 0.6 is 0 Å². The fraction of sp³-hybridized carbons (Fsp3) is 1.00. The molecule has 2 unspecified atom stereocenters. The molecule has 0 aromatic heterocycles. The first-order valence-electron chi connectivity index (χ1n) is 14.2. The van der Waals surface area contributed by atoms with Crippen LogP contribution in [0.15, 0.2) is 0 Å². The van der Waals surface area contributed by atoms with Crippen molar-refractivity contribution in [2.24, 2.45) is 45.3 Å². The van der Waals surface area contributed by atoms with E-state index in [0.29, 0.717) is 30.6 Å². The first kappa shape index (κ1) is 26.9. The predicted molar refractivity (Wildman–Crippen MR) is 137 cm³/mol. The number of hydrogen-bond acceptors (Lipinski definition) is 4. The van der Waals surface area contributed by atoms with Gasteiger partial charge in [0.1, 0.15) is 0 Å². The molecule has 34 heavy (non-hydrogen) atoms. The van der Waals surface area contributed by atoms with Gasteiger partial charge in [-0.25, -0.2) is 0 Å². The van der Waals surface area contributed by atoms with Gasteiger partial charge in [-0.15, -0.1) is 0 Å². The van der Waals surface area contributed by atoms with E-state index in [0.717, 1.165) is 19.3 Å². The van der Waals surface area contributed by atoms with Crippen LogP contribution in [0.25, 0.3) is 0 Å². The summed E-state index contributed by atoms with van der Waals surface area (Å²) in [6.45, 7) is 17.6. The maximum Gasteiger partial charge on any atom is 0.0849 e. The molecule has 0 saturated heterocycles. The highest BCUT2D eigenvalue weighted by Gasteiger charge is 2.69. The molecule has 4 rings (SSSR count). The molecule has 0 heterocycles. The molecule has 4 aliphatic rings. The van der Waals surface area contributed by atoms with Crippen LogP contribution in [0.5, 0.6) is 0 Å². The van der Waals surface area contributed by atoms with Crippen molar-refractivity contribution in [1.82, 2.24) is 0 Å². The van der Waals surface area contributed by atoms with Crippen molar-refractivity contribution >= 4 is 0 Å². The van der Waals surface area contributed by atoms with E-state index in [9.17, 15) is 20.4 Å². The van der Waals surface area contributed by atoms with E-state index >= 15 is 0 Å². The summed E-state index contributed by atoms with van der Waals surface area (Å²) < 4.78 is 0. The fourth-order valence-electron chi connectivity index (χ4n) is 10.4. The minimum atomic E-state index is -1.14. The zero-order valence-electron chi connectivity index (χ0n) is 23.3. The van der Waals surface area contributed by atoms with Gasteiger partial charge >= 0.3 is 0 Å². The van der Waals surface area contributed by atoms with Crippen molar-refractivity contribution in [2.45, 2.75) is 143 Å². The smallest absolute Gasteiger partial charge is 0.0849 e. The number of aliphatic hydroxyl groups is 4. The van der Waals surface area contributed by atoms with Crippen LogP contribution in [0.4, 0.5) is 0 Å². The van der Waals surface area contributed by atoms with E-state index in [1.165, 1.54) is 32.1 Å². The molecule has 0 aliphatic heterocycles. The average molecular weight is 479 g/mol. The summed E-state index contributed by atoms with van der Waals surface area (Å²) in [5, 5.41) is 43.1. The highest BCUT2D eigenvalue weighted by atomic mass is 16.3. The molecule has 0 radical (unpaired) electrons. The summed E-state index contributed by atoms with van der Waals surface area (Å²) in [4.78, 5) is 0. The van der Waals surface area contributed by atoms with Crippen molar-refractivity contribution in [1.29, 1.82) is 0 Å². The van der Waals surface area contributed by atoms with E-state index in [1.54, 1.807) is 13.8 Å². The topological polar surface area (TPSA) is 80.9 Å². The molecular weight excluding hydrogens is 424 g/mol. The third kappa shape index (κ3) is 3.75. The van der Waals surface area contributed by atoms with Crippen molar-refractivity contribution in [3.63, 3.8) is 0 Å². The zero-order valence-corrected chi connectivity index (χ0v) is 23.3. The first-order valence-corrected chi connectivity index (χ1v) is 14.2. The van der Waals surface area contributed by atoms with Gasteiger partial charge in [0, 0.05) is 0 Å². The third-order valence-corrected chi connectivity index (χ3v) is 12.9.